The number of carbonyl (C=O) groups excluding carboxylic acids is 1. The number of carboxylic acids is 2. The number of amides is 1. The van der Waals surface area contributed by atoms with E-state index in [1.165, 1.54) is 0 Å². The molecular weight excluding hydrogens is 240 g/mol. The molecule has 1 aliphatic rings. The number of carboxylic acid groups (broad SMARTS) is 2. The second kappa shape index (κ2) is 6.34. The van der Waals surface area contributed by atoms with E-state index >= 15 is 0 Å². The van der Waals surface area contributed by atoms with Crippen molar-refractivity contribution < 1.29 is 24.6 Å². The van der Waals surface area contributed by atoms with Gasteiger partial charge in [0.25, 0.3) is 0 Å². The minimum absolute atomic E-state index is 0.114. The second-order valence-corrected chi connectivity index (χ2v) is 4.53. The van der Waals surface area contributed by atoms with Crippen molar-refractivity contribution in [1.82, 2.24) is 10.6 Å². The molecule has 1 saturated heterocycles. The minimum atomic E-state index is -1.21. The first-order chi connectivity index (χ1) is 8.41. The van der Waals surface area contributed by atoms with Crippen LogP contribution in [0.15, 0.2) is 0 Å². The first-order valence-electron chi connectivity index (χ1n) is 5.90. The van der Waals surface area contributed by atoms with E-state index in [0.717, 1.165) is 13.0 Å². The topological polar surface area (TPSA) is 116 Å². The molecule has 0 saturated carbocycles. The van der Waals surface area contributed by atoms with Gasteiger partial charge in [-0.25, -0.2) is 4.79 Å². The van der Waals surface area contributed by atoms with Crippen LogP contribution >= 0.6 is 0 Å². The fraction of sp³-hybridized carbons (Fsp3) is 0.727. The Morgan fingerprint density at radius 2 is 2.06 bits per heavy atom. The summed E-state index contributed by atoms with van der Waals surface area (Å²) in [6.07, 6.45) is 0.466. The van der Waals surface area contributed by atoms with Gasteiger partial charge in [0.1, 0.15) is 6.04 Å². The van der Waals surface area contributed by atoms with E-state index in [9.17, 15) is 14.4 Å². The van der Waals surface area contributed by atoms with Gasteiger partial charge >= 0.3 is 11.9 Å². The summed E-state index contributed by atoms with van der Waals surface area (Å²) < 4.78 is 0. The molecule has 0 aromatic carbocycles. The maximum absolute atomic E-state index is 11.8. The van der Waals surface area contributed by atoms with Crippen LogP contribution in [-0.2, 0) is 14.4 Å². The lowest BCUT2D eigenvalue weighted by atomic mass is 10.0. The van der Waals surface area contributed by atoms with Crippen molar-refractivity contribution in [3.05, 3.63) is 0 Å². The standard InChI is InChI=1S/C11H18N2O5/c1-6-4-5-12-9(6)10(16)13-7(11(17)18)2-3-8(14)15/h6-7,9,12H,2-5H2,1H3,(H,13,16)(H,14,15)(H,17,18)/t6?,7-,9?/m0/s1. The summed E-state index contributed by atoms with van der Waals surface area (Å²) in [5.41, 5.74) is 0. The summed E-state index contributed by atoms with van der Waals surface area (Å²) in [6, 6.07) is -1.54. The fourth-order valence-electron chi connectivity index (χ4n) is 1.97. The van der Waals surface area contributed by atoms with Gasteiger partial charge in [0.2, 0.25) is 5.91 Å². The molecule has 0 aromatic rings. The quantitative estimate of drug-likeness (QED) is 0.506. The average molecular weight is 258 g/mol. The summed E-state index contributed by atoms with van der Waals surface area (Å²) in [4.78, 5) is 33.1. The molecule has 3 atom stereocenters. The van der Waals surface area contributed by atoms with Gasteiger partial charge in [-0.2, -0.15) is 0 Å². The lowest BCUT2D eigenvalue weighted by Crippen LogP contribution is -2.50. The lowest BCUT2D eigenvalue weighted by molar-refractivity contribution is -0.143. The van der Waals surface area contributed by atoms with Crippen LogP contribution in [0, 0.1) is 5.92 Å². The molecule has 102 valence electrons. The van der Waals surface area contributed by atoms with E-state index in [4.69, 9.17) is 10.2 Å². The Kier molecular flexibility index (Phi) is 5.08. The highest BCUT2D eigenvalue weighted by Gasteiger charge is 2.31. The first kappa shape index (κ1) is 14.4. The highest BCUT2D eigenvalue weighted by atomic mass is 16.4. The Bertz CT molecular complexity index is 344. The van der Waals surface area contributed by atoms with E-state index < -0.39 is 24.0 Å². The first-order valence-corrected chi connectivity index (χ1v) is 5.90. The van der Waals surface area contributed by atoms with Crippen molar-refractivity contribution in [2.75, 3.05) is 6.54 Å². The summed E-state index contributed by atoms with van der Waals surface area (Å²) in [5, 5.41) is 22.8. The summed E-state index contributed by atoms with van der Waals surface area (Å²) in [5.74, 6) is -2.52. The van der Waals surface area contributed by atoms with Crippen molar-refractivity contribution in [3.8, 4) is 0 Å². The van der Waals surface area contributed by atoms with Crippen LogP contribution in [0.3, 0.4) is 0 Å². The van der Waals surface area contributed by atoms with Crippen LogP contribution in [0.4, 0.5) is 0 Å². The zero-order chi connectivity index (χ0) is 13.7. The maximum Gasteiger partial charge on any atom is 0.326 e. The SMILES string of the molecule is CC1CCNC1C(=O)N[C@@H](CCC(=O)O)C(=O)O. The Morgan fingerprint density at radius 3 is 2.50 bits per heavy atom. The molecule has 1 fully saturated rings. The molecule has 1 amide bonds. The number of hydrogen-bond donors (Lipinski definition) is 4. The Hall–Kier alpha value is -1.63. The molecule has 0 aliphatic carbocycles. The summed E-state index contributed by atoms with van der Waals surface area (Å²) in [7, 11) is 0. The highest BCUT2D eigenvalue weighted by molar-refractivity contribution is 5.87. The number of carbonyl (C=O) groups is 3. The lowest BCUT2D eigenvalue weighted by Gasteiger charge is -2.19. The van der Waals surface area contributed by atoms with Gasteiger partial charge in [0, 0.05) is 6.42 Å². The molecule has 1 aliphatic heterocycles. The van der Waals surface area contributed by atoms with E-state index in [1.807, 2.05) is 6.92 Å². The smallest absolute Gasteiger partial charge is 0.326 e. The molecule has 0 aromatic heterocycles. The predicted octanol–water partition coefficient (Wildman–Crippen LogP) is -0.581. The molecule has 18 heavy (non-hydrogen) atoms. The molecule has 0 bridgehead atoms. The van der Waals surface area contributed by atoms with Crippen molar-refractivity contribution in [2.24, 2.45) is 5.92 Å². The van der Waals surface area contributed by atoms with Crippen LogP contribution < -0.4 is 10.6 Å². The third-order valence-corrected chi connectivity index (χ3v) is 3.08. The van der Waals surface area contributed by atoms with Crippen molar-refractivity contribution in [1.29, 1.82) is 0 Å². The molecule has 7 nitrogen and oxygen atoms in total. The van der Waals surface area contributed by atoms with E-state index in [2.05, 4.69) is 10.6 Å². The van der Waals surface area contributed by atoms with Gasteiger partial charge in [-0.05, 0) is 25.3 Å². The second-order valence-electron chi connectivity index (χ2n) is 4.53. The highest BCUT2D eigenvalue weighted by Crippen LogP contribution is 2.14. The zero-order valence-corrected chi connectivity index (χ0v) is 10.2. The number of nitrogens with one attached hydrogen (secondary N) is 2. The number of aliphatic carboxylic acids is 2. The van der Waals surface area contributed by atoms with E-state index in [1.54, 1.807) is 0 Å². The summed E-state index contributed by atoms with van der Waals surface area (Å²) >= 11 is 0. The van der Waals surface area contributed by atoms with Crippen molar-refractivity contribution >= 4 is 17.8 Å². The van der Waals surface area contributed by atoms with Crippen LogP contribution in [-0.4, -0.2) is 46.7 Å². The molecule has 4 N–H and O–H groups in total. The number of hydrogen-bond acceptors (Lipinski definition) is 4. The van der Waals surface area contributed by atoms with E-state index in [0.29, 0.717) is 0 Å². The summed E-state index contributed by atoms with van der Waals surface area (Å²) in [6.45, 7) is 2.64. The zero-order valence-electron chi connectivity index (χ0n) is 10.2. The third kappa shape index (κ3) is 3.99. The van der Waals surface area contributed by atoms with Crippen LogP contribution in [0.2, 0.25) is 0 Å². The fourth-order valence-corrected chi connectivity index (χ4v) is 1.97. The van der Waals surface area contributed by atoms with Gasteiger partial charge in [-0.1, -0.05) is 6.92 Å². The molecule has 7 heteroatoms. The Morgan fingerprint density at radius 1 is 1.39 bits per heavy atom. The van der Waals surface area contributed by atoms with Gasteiger partial charge in [0.05, 0.1) is 6.04 Å². The molecule has 0 spiro atoms. The maximum atomic E-state index is 11.8. The average Bonchev–Trinajstić information content (AvgIpc) is 2.69. The molecule has 1 heterocycles. The van der Waals surface area contributed by atoms with E-state index in [-0.39, 0.29) is 24.7 Å². The normalized spacial score (nSPS) is 24.5. The predicted molar refractivity (Wildman–Crippen MR) is 62.0 cm³/mol. The molecular formula is C11H18N2O5. The Balaban J connectivity index is 2.52. The minimum Gasteiger partial charge on any atom is -0.481 e. The van der Waals surface area contributed by atoms with Gasteiger partial charge in [-0.15, -0.1) is 0 Å². The Labute approximate surface area is 105 Å². The largest absolute Gasteiger partial charge is 0.481 e. The van der Waals surface area contributed by atoms with Crippen molar-refractivity contribution in [3.63, 3.8) is 0 Å². The van der Waals surface area contributed by atoms with Crippen molar-refractivity contribution in [2.45, 2.75) is 38.3 Å². The number of rotatable bonds is 6. The molecule has 2 unspecified atom stereocenters. The van der Waals surface area contributed by atoms with Gasteiger partial charge in [0.15, 0.2) is 0 Å². The third-order valence-electron chi connectivity index (χ3n) is 3.08. The monoisotopic (exact) mass is 258 g/mol. The van der Waals surface area contributed by atoms with Gasteiger partial charge < -0.3 is 20.8 Å². The van der Waals surface area contributed by atoms with Gasteiger partial charge in [-0.3, -0.25) is 9.59 Å². The molecule has 0 radical (unpaired) electrons. The van der Waals surface area contributed by atoms with Crippen LogP contribution in [0.1, 0.15) is 26.2 Å². The molecule has 1 rings (SSSR count). The van der Waals surface area contributed by atoms with Crippen LogP contribution in [0.25, 0.3) is 0 Å². The van der Waals surface area contributed by atoms with Crippen LogP contribution in [0.5, 0.6) is 0 Å².